The Bertz CT molecular complexity index is 2670. The van der Waals surface area contributed by atoms with Crippen LogP contribution in [0.4, 0.5) is 0 Å². The molecular weight excluding hydrogens is 801 g/mol. The fourth-order valence-electron chi connectivity index (χ4n) is 11.8. The Morgan fingerprint density at radius 3 is 1.47 bits per heavy atom. The van der Waals surface area contributed by atoms with Gasteiger partial charge in [-0.2, -0.15) is 0 Å². The Hall–Kier alpha value is -6.36. The Morgan fingerprint density at radius 1 is 0.625 bits per heavy atom. The number of methoxy groups -OCH3 is 2. The number of hydrogen-bond acceptors (Lipinski definition) is 10. The van der Waals surface area contributed by atoms with Gasteiger partial charge in [0, 0.05) is 58.5 Å². The van der Waals surface area contributed by atoms with E-state index in [0.29, 0.717) is 57.8 Å². The van der Waals surface area contributed by atoms with Crippen LogP contribution in [-0.2, 0) is 0 Å². The largest absolute Gasteiger partial charge is 0.497 e. The molecule has 7 aliphatic rings. The molecule has 6 aliphatic heterocycles. The number of hydrogen-bond donors (Lipinski definition) is 0. The molecule has 0 amide bonds. The molecule has 0 N–H and O–H groups in total. The number of fused-ring (bicyclic) bond motifs is 10. The van der Waals surface area contributed by atoms with E-state index in [2.05, 4.69) is 35.1 Å². The van der Waals surface area contributed by atoms with Crippen molar-refractivity contribution in [3.05, 3.63) is 156 Å². The van der Waals surface area contributed by atoms with E-state index >= 15 is 9.59 Å². The van der Waals surface area contributed by atoms with Crippen LogP contribution >= 0.6 is 0 Å². The van der Waals surface area contributed by atoms with Gasteiger partial charge in [-0.1, -0.05) is 36.4 Å². The van der Waals surface area contributed by atoms with Crippen LogP contribution in [0.25, 0.3) is 21.8 Å². The SMILES string of the molecule is C=C[C@H]1CN2CC[C@H]1C[C@@H]2[C@@H](Oc1ccc(O[C@@H](c2ccnc3ccc(OC)cc23)[C@H]2C[C@@H]3CCN2C[C@@H]3C=C)c2c1C(=O)c1ccccc1C2=O)c1ccnc2ccc(OC)cc12. The van der Waals surface area contributed by atoms with E-state index in [-0.39, 0.29) is 34.8 Å². The van der Waals surface area contributed by atoms with Gasteiger partial charge >= 0.3 is 0 Å². The summed E-state index contributed by atoms with van der Waals surface area (Å²) in [4.78, 5) is 44.7. The summed E-state index contributed by atoms with van der Waals surface area (Å²) in [7, 11) is 3.32. The van der Waals surface area contributed by atoms with Crippen molar-refractivity contribution in [2.75, 3.05) is 40.4 Å². The monoisotopic (exact) mass is 852 g/mol. The minimum atomic E-state index is -0.517. The maximum atomic E-state index is 15.1. The van der Waals surface area contributed by atoms with E-state index in [1.165, 1.54) is 0 Å². The van der Waals surface area contributed by atoms with Gasteiger partial charge in [0.1, 0.15) is 35.2 Å². The molecule has 2 aromatic heterocycles. The molecule has 13 rings (SSSR count). The molecule has 324 valence electrons. The molecule has 10 atom stereocenters. The number of ether oxygens (including phenoxy) is 4. The van der Waals surface area contributed by atoms with Gasteiger partial charge in [-0.05, 0) is 123 Å². The zero-order valence-corrected chi connectivity index (χ0v) is 36.3. The van der Waals surface area contributed by atoms with Crippen molar-refractivity contribution in [3.8, 4) is 23.0 Å². The van der Waals surface area contributed by atoms with Crippen molar-refractivity contribution in [2.45, 2.75) is 50.0 Å². The van der Waals surface area contributed by atoms with E-state index in [0.717, 1.165) is 84.8 Å². The summed E-state index contributed by atoms with van der Waals surface area (Å²) in [6.45, 7) is 12.0. The highest BCUT2D eigenvalue weighted by molar-refractivity contribution is 6.30. The van der Waals surface area contributed by atoms with Crippen LogP contribution in [0.1, 0.15) is 80.9 Å². The molecule has 4 aromatic carbocycles. The molecular formula is C54H52N4O6. The molecule has 2 unspecified atom stereocenters. The summed E-state index contributed by atoms with van der Waals surface area (Å²) in [5, 5.41) is 1.83. The standard InChI is InChI=1S/C54H52N4O6/c1-5-31-29-57-23-19-33(31)25-45(57)53(39-17-21-55-43-13-11-35(61-3)27-41(39)43)63-47-15-16-48(50-49(47)51(59)37-9-7-8-10-38(37)52(50)60)64-54(46-26-34-20-24-58(46)30-32(34)6-2)40-18-22-56-44-14-12-36(62-4)28-42(40)44/h5-18,21-22,27-28,31-34,45-46,53-54H,1-2,19-20,23-26,29-30H2,3-4H3/t31-,32-,33-,34-,45+,46+,53-,54-/m0/s1. The van der Waals surface area contributed by atoms with Crippen molar-refractivity contribution >= 4 is 33.4 Å². The van der Waals surface area contributed by atoms with E-state index in [4.69, 9.17) is 28.9 Å². The number of ketones is 2. The van der Waals surface area contributed by atoms with Crippen LogP contribution < -0.4 is 18.9 Å². The highest BCUT2D eigenvalue weighted by Gasteiger charge is 2.47. The lowest BCUT2D eigenvalue weighted by atomic mass is 9.73. The fourth-order valence-corrected chi connectivity index (χ4v) is 11.8. The predicted octanol–water partition coefficient (Wildman–Crippen LogP) is 9.61. The molecule has 10 heteroatoms. The zero-order valence-electron chi connectivity index (χ0n) is 36.3. The van der Waals surface area contributed by atoms with Crippen LogP contribution in [-0.4, -0.2) is 83.8 Å². The van der Waals surface area contributed by atoms with Gasteiger partial charge in [-0.3, -0.25) is 29.4 Å². The maximum absolute atomic E-state index is 15.1. The van der Waals surface area contributed by atoms with Gasteiger partial charge in [-0.25, -0.2) is 0 Å². The summed E-state index contributed by atoms with van der Waals surface area (Å²) < 4.78 is 26.2. The van der Waals surface area contributed by atoms with Crippen LogP contribution in [0, 0.1) is 23.7 Å². The van der Waals surface area contributed by atoms with E-state index < -0.39 is 12.2 Å². The number of carbonyl (C=O) groups excluding carboxylic acids is 2. The molecule has 6 saturated heterocycles. The lowest BCUT2D eigenvalue weighted by Crippen LogP contribution is -2.55. The summed E-state index contributed by atoms with van der Waals surface area (Å²) in [6, 6.07) is 26.6. The summed E-state index contributed by atoms with van der Waals surface area (Å²) in [5.41, 5.74) is 4.66. The van der Waals surface area contributed by atoms with Crippen molar-refractivity contribution in [1.29, 1.82) is 0 Å². The minimum Gasteiger partial charge on any atom is -0.497 e. The number of piperidine rings is 6. The molecule has 64 heavy (non-hydrogen) atoms. The van der Waals surface area contributed by atoms with Gasteiger partial charge in [0.05, 0.1) is 48.5 Å². The number of benzene rings is 4. The van der Waals surface area contributed by atoms with Crippen molar-refractivity contribution in [1.82, 2.24) is 19.8 Å². The number of aromatic nitrogens is 2. The molecule has 0 saturated carbocycles. The number of pyridine rings is 2. The van der Waals surface area contributed by atoms with E-state index in [9.17, 15) is 0 Å². The molecule has 0 radical (unpaired) electrons. The predicted molar refractivity (Wildman–Crippen MR) is 247 cm³/mol. The van der Waals surface area contributed by atoms with Crippen LogP contribution in [0.5, 0.6) is 23.0 Å². The molecule has 1 aliphatic carbocycles. The number of carbonyl (C=O) groups is 2. The van der Waals surface area contributed by atoms with Crippen molar-refractivity contribution < 1.29 is 28.5 Å². The lowest BCUT2D eigenvalue weighted by Gasteiger charge is -2.51. The van der Waals surface area contributed by atoms with Crippen molar-refractivity contribution in [3.63, 3.8) is 0 Å². The summed E-state index contributed by atoms with van der Waals surface area (Å²) >= 11 is 0. The Morgan fingerprint density at radius 2 is 1.08 bits per heavy atom. The lowest BCUT2D eigenvalue weighted by molar-refractivity contribution is -0.0368. The third kappa shape index (κ3) is 6.68. The zero-order chi connectivity index (χ0) is 43.6. The van der Waals surface area contributed by atoms with Crippen LogP contribution in [0.2, 0.25) is 0 Å². The molecule has 0 spiro atoms. The first-order valence-corrected chi connectivity index (χ1v) is 22.6. The maximum Gasteiger partial charge on any atom is 0.198 e. The van der Waals surface area contributed by atoms with Crippen LogP contribution in [0.15, 0.2) is 123 Å². The van der Waals surface area contributed by atoms with E-state index in [1.807, 2.05) is 73.1 Å². The first-order chi connectivity index (χ1) is 31.3. The fraction of sp³-hybridized carbons (Fsp3) is 0.333. The highest BCUT2D eigenvalue weighted by Crippen LogP contribution is 2.49. The average Bonchev–Trinajstić information content (AvgIpc) is 3.36. The normalized spacial score (nSPS) is 26.5. The second kappa shape index (κ2) is 16.3. The Balaban J connectivity index is 1.07. The molecule has 6 aromatic rings. The topological polar surface area (TPSA) is 103 Å². The third-order valence-corrected chi connectivity index (χ3v) is 15.1. The van der Waals surface area contributed by atoms with E-state index in [1.54, 1.807) is 38.5 Å². The Kier molecular flexibility index (Phi) is 10.3. The second-order valence-electron chi connectivity index (χ2n) is 18.2. The van der Waals surface area contributed by atoms with Crippen LogP contribution in [0.3, 0.4) is 0 Å². The van der Waals surface area contributed by atoms with Gasteiger partial charge < -0.3 is 18.9 Å². The summed E-state index contributed by atoms with van der Waals surface area (Å²) in [5.74, 6) is 3.28. The average molecular weight is 853 g/mol. The first kappa shape index (κ1) is 40.4. The molecule has 10 nitrogen and oxygen atoms in total. The molecule has 6 fully saturated rings. The highest BCUT2D eigenvalue weighted by atomic mass is 16.5. The minimum absolute atomic E-state index is 0.0171. The number of nitrogens with zero attached hydrogens (tertiary/aromatic N) is 4. The molecule has 4 bridgehead atoms. The molecule has 8 heterocycles. The smallest absolute Gasteiger partial charge is 0.198 e. The quantitative estimate of drug-likeness (QED) is 0.111. The van der Waals surface area contributed by atoms with Gasteiger partial charge in [0.25, 0.3) is 0 Å². The second-order valence-corrected chi connectivity index (χ2v) is 18.2. The Labute approximate surface area is 373 Å². The third-order valence-electron chi connectivity index (χ3n) is 15.1. The number of rotatable bonds is 12. The van der Waals surface area contributed by atoms with Gasteiger partial charge in [0.15, 0.2) is 11.6 Å². The van der Waals surface area contributed by atoms with Gasteiger partial charge in [-0.15, -0.1) is 13.2 Å². The summed E-state index contributed by atoms with van der Waals surface area (Å²) in [6.07, 6.45) is 10.8. The van der Waals surface area contributed by atoms with Gasteiger partial charge in [0.2, 0.25) is 0 Å². The first-order valence-electron chi connectivity index (χ1n) is 22.6. The van der Waals surface area contributed by atoms with Crippen molar-refractivity contribution in [2.24, 2.45) is 23.7 Å².